The molecule has 3 aromatic rings. The predicted octanol–water partition coefficient (Wildman–Crippen LogP) is 6.41. The van der Waals surface area contributed by atoms with E-state index in [2.05, 4.69) is 30.0 Å². The molecule has 0 bridgehead atoms. The Kier molecular flexibility index (Phi) is 6.91. The van der Waals surface area contributed by atoms with E-state index < -0.39 is 0 Å². The summed E-state index contributed by atoms with van der Waals surface area (Å²) in [6.07, 6.45) is 4.51. The van der Waals surface area contributed by atoms with Gasteiger partial charge in [-0.15, -0.1) is 0 Å². The maximum atomic E-state index is 13.5. The number of methoxy groups -OCH3 is 1. The van der Waals surface area contributed by atoms with Gasteiger partial charge in [-0.2, -0.15) is 0 Å². The van der Waals surface area contributed by atoms with Gasteiger partial charge in [0.2, 0.25) is 0 Å². The van der Waals surface area contributed by atoms with Gasteiger partial charge in [0.25, 0.3) is 5.91 Å². The predicted molar refractivity (Wildman–Crippen MR) is 145 cm³/mol. The Morgan fingerprint density at radius 1 is 1.00 bits per heavy atom. The molecule has 0 radical (unpaired) electrons. The van der Waals surface area contributed by atoms with Crippen molar-refractivity contribution in [2.45, 2.75) is 26.3 Å². The largest absolute Gasteiger partial charge is 0.497 e. The van der Waals surface area contributed by atoms with Crippen LogP contribution in [0.15, 0.2) is 82.7 Å². The number of aryl methyl sites for hydroxylation is 1. The Bertz CT molecular complexity index is 1260. The van der Waals surface area contributed by atoms with Crippen molar-refractivity contribution in [3.05, 3.63) is 94.4 Å². The number of hydrogen-bond donors (Lipinski definition) is 0. The average molecular weight is 484 g/mol. The summed E-state index contributed by atoms with van der Waals surface area (Å²) in [7, 11) is 1.65. The highest BCUT2D eigenvalue weighted by Gasteiger charge is 2.33. The lowest BCUT2D eigenvalue weighted by molar-refractivity contribution is -0.122. The van der Waals surface area contributed by atoms with E-state index in [1.165, 1.54) is 35.9 Å². The maximum Gasteiger partial charge on any atom is 0.267 e. The molecular formula is C29H29N3O2S. The summed E-state index contributed by atoms with van der Waals surface area (Å²) in [6, 6.07) is 24.1. The zero-order valence-corrected chi connectivity index (χ0v) is 20.9. The molecule has 1 amide bonds. The minimum atomic E-state index is -0.0245. The third-order valence-electron chi connectivity index (χ3n) is 6.38. The molecule has 0 atom stereocenters. The van der Waals surface area contributed by atoms with E-state index in [0.29, 0.717) is 16.6 Å². The number of anilines is 1. The fourth-order valence-corrected chi connectivity index (χ4v) is 5.38. The second-order valence-corrected chi connectivity index (χ2v) is 9.82. The molecule has 3 aromatic carbocycles. The van der Waals surface area contributed by atoms with Gasteiger partial charge in [-0.05, 0) is 90.7 Å². The van der Waals surface area contributed by atoms with Gasteiger partial charge >= 0.3 is 0 Å². The van der Waals surface area contributed by atoms with E-state index in [0.717, 1.165) is 35.7 Å². The minimum Gasteiger partial charge on any atom is -0.497 e. The van der Waals surface area contributed by atoms with E-state index in [1.807, 2.05) is 60.7 Å². The zero-order valence-electron chi connectivity index (χ0n) is 20.1. The van der Waals surface area contributed by atoms with Gasteiger partial charge in [0.1, 0.15) is 5.75 Å². The third kappa shape index (κ3) is 5.28. The average Bonchev–Trinajstić information content (AvgIpc) is 3.52. The SMILES string of the molecule is COc1ccc(CN2C(=O)/C(=C/c3ccc(N4CCCC4)cc3C)SC2=Nc2ccccc2)cc1. The smallest absolute Gasteiger partial charge is 0.267 e. The van der Waals surface area contributed by atoms with Crippen molar-refractivity contribution < 1.29 is 9.53 Å². The van der Waals surface area contributed by atoms with Crippen LogP contribution in [0.3, 0.4) is 0 Å². The van der Waals surface area contributed by atoms with Crippen LogP contribution in [0.4, 0.5) is 11.4 Å². The fourth-order valence-electron chi connectivity index (χ4n) is 4.39. The second kappa shape index (κ2) is 10.4. The Morgan fingerprint density at radius 2 is 1.74 bits per heavy atom. The summed E-state index contributed by atoms with van der Waals surface area (Å²) in [5.41, 5.74) is 5.35. The standard InChI is InChI=1S/C29H29N3O2S/c1-21-18-25(31-16-6-7-17-31)13-12-23(21)19-27-28(33)32(20-22-10-14-26(34-2)15-11-22)29(35-27)30-24-8-4-3-5-9-24/h3-5,8-15,18-19H,6-7,16-17,20H2,1-2H3/b27-19-,30-29?. The van der Waals surface area contributed by atoms with Crippen LogP contribution in [0, 0.1) is 6.92 Å². The van der Waals surface area contributed by atoms with Crippen LogP contribution in [0.2, 0.25) is 0 Å². The van der Waals surface area contributed by atoms with Crippen LogP contribution in [0.5, 0.6) is 5.75 Å². The summed E-state index contributed by atoms with van der Waals surface area (Å²) in [5.74, 6) is 0.769. The van der Waals surface area contributed by atoms with E-state index in [4.69, 9.17) is 9.73 Å². The van der Waals surface area contributed by atoms with Crippen molar-refractivity contribution >= 4 is 40.3 Å². The van der Waals surface area contributed by atoms with Crippen molar-refractivity contribution in [2.75, 3.05) is 25.1 Å². The fraction of sp³-hybridized carbons (Fsp3) is 0.241. The summed E-state index contributed by atoms with van der Waals surface area (Å²) in [5, 5.41) is 0.689. The normalized spacial score (nSPS) is 18.2. The lowest BCUT2D eigenvalue weighted by Crippen LogP contribution is -2.28. The van der Waals surface area contributed by atoms with Crippen LogP contribution >= 0.6 is 11.8 Å². The molecule has 178 valence electrons. The van der Waals surface area contributed by atoms with Gasteiger partial charge in [0.05, 0.1) is 24.2 Å². The van der Waals surface area contributed by atoms with E-state index in [1.54, 1.807) is 12.0 Å². The second-order valence-electron chi connectivity index (χ2n) is 8.81. The quantitative estimate of drug-likeness (QED) is 0.380. The van der Waals surface area contributed by atoms with Gasteiger partial charge in [-0.25, -0.2) is 4.99 Å². The molecule has 0 unspecified atom stereocenters. The molecular weight excluding hydrogens is 454 g/mol. The molecule has 0 saturated carbocycles. The minimum absolute atomic E-state index is 0.0245. The van der Waals surface area contributed by atoms with E-state index in [9.17, 15) is 4.79 Å². The number of rotatable bonds is 6. The molecule has 0 spiro atoms. The highest BCUT2D eigenvalue weighted by atomic mass is 32.2. The number of amidine groups is 1. The van der Waals surface area contributed by atoms with Gasteiger partial charge in [0, 0.05) is 18.8 Å². The van der Waals surface area contributed by atoms with Crippen molar-refractivity contribution in [1.29, 1.82) is 0 Å². The first-order valence-corrected chi connectivity index (χ1v) is 12.8. The number of carbonyl (C=O) groups excluding carboxylic acids is 1. The number of para-hydroxylation sites is 1. The molecule has 2 fully saturated rings. The van der Waals surface area contributed by atoms with E-state index in [-0.39, 0.29) is 5.91 Å². The maximum absolute atomic E-state index is 13.5. The number of carbonyl (C=O) groups is 1. The van der Waals surface area contributed by atoms with Crippen molar-refractivity contribution in [3.8, 4) is 5.75 Å². The molecule has 2 aliphatic heterocycles. The molecule has 0 aromatic heterocycles. The molecule has 2 saturated heterocycles. The topological polar surface area (TPSA) is 45.1 Å². The molecule has 6 heteroatoms. The van der Waals surface area contributed by atoms with E-state index >= 15 is 0 Å². The number of aliphatic imine (C=N–C) groups is 1. The van der Waals surface area contributed by atoms with Crippen LogP contribution in [0.1, 0.15) is 29.5 Å². The summed E-state index contributed by atoms with van der Waals surface area (Å²) < 4.78 is 5.28. The summed E-state index contributed by atoms with van der Waals surface area (Å²) in [4.78, 5) is 23.2. The van der Waals surface area contributed by atoms with Crippen molar-refractivity contribution in [1.82, 2.24) is 4.90 Å². The monoisotopic (exact) mass is 483 g/mol. The number of benzene rings is 3. The lowest BCUT2D eigenvalue weighted by atomic mass is 10.1. The molecule has 35 heavy (non-hydrogen) atoms. The van der Waals surface area contributed by atoms with Gasteiger partial charge < -0.3 is 9.64 Å². The first-order valence-electron chi connectivity index (χ1n) is 11.9. The molecule has 5 nitrogen and oxygen atoms in total. The highest BCUT2D eigenvalue weighted by molar-refractivity contribution is 8.18. The number of amides is 1. The number of hydrogen-bond acceptors (Lipinski definition) is 5. The first kappa shape index (κ1) is 23.2. The van der Waals surface area contributed by atoms with Gasteiger partial charge in [0.15, 0.2) is 5.17 Å². The molecule has 2 aliphatic rings. The Hall–Kier alpha value is -3.51. The van der Waals surface area contributed by atoms with Gasteiger partial charge in [-0.1, -0.05) is 36.4 Å². The summed E-state index contributed by atoms with van der Waals surface area (Å²) in [6.45, 7) is 4.80. The number of ether oxygens (including phenoxy) is 1. The number of thioether (sulfide) groups is 1. The lowest BCUT2D eigenvalue weighted by Gasteiger charge is -2.18. The molecule has 5 rings (SSSR count). The van der Waals surface area contributed by atoms with Crippen LogP contribution in [-0.2, 0) is 11.3 Å². The summed E-state index contributed by atoms with van der Waals surface area (Å²) >= 11 is 1.43. The third-order valence-corrected chi connectivity index (χ3v) is 7.39. The molecule has 0 N–H and O–H groups in total. The van der Waals surface area contributed by atoms with Crippen molar-refractivity contribution in [2.24, 2.45) is 4.99 Å². The Balaban J connectivity index is 1.45. The van der Waals surface area contributed by atoms with Gasteiger partial charge in [-0.3, -0.25) is 9.69 Å². The molecule has 0 aliphatic carbocycles. The molecule has 2 heterocycles. The van der Waals surface area contributed by atoms with Crippen LogP contribution < -0.4 is 9.64 Å². The number of nitrogens with zero attached hydrogens (tertiary/aromatic N) is 3. The highest BCUT2D eigenvalue weighted by Crippen LogP contribution is 2.36. The van der Waals surface area contributed by atoms with Crippen molar-refractivity contribution in [3.63, 3.8) is 0 Å². The van der Waals surface area contributed by atoms with Crippen LogP contribution in [0.25, 0.3) is 6.08 Å². The Labute approximate surface area is 211 Å². The Morgan fingerprint density at radius 3 is 2.43 bits per heavy atom. The zero-order chi connectivity index (χ0) is 24.2. The first-order chi connectivity index (χ1) is 17.1. The van der Waals surface area contributed by atoms with Crippen LogP contribution in [-0.4, -0.2) is 36.2 Å².